The van der Waals surface area contributed by atoms with Gasteiger partial charge in [0, 0.05) is 37.3 Å². The fourth-order valence-corrected chi connectivity index (χ4v) is 4.65. The summed E-state index contributed by atoms with van der Waals surface area (Å²) in [5.74, 6) is -0.189. The topological polar surface area (TPSA) is 87.5 Å². The molecule has 168 valence electrons. The number of aryl methyl sites for hydroxylation is 1. The van der Waals surface area contributed by atoms with Crippen molar-refractivity contribution in [1.29, 1.82) is 0 Å². The number of fused-ring (bicyclic) bond motifs is 5. The molecule has 5 rings (SSSR count). The third-order valence-electron chi connectivity index (χ3n) is 6.17. The summed E-state index contributed by atoms with van der Waals surface area (Å²) < 4.78 is 1.64. The number of anilines is 2. The Labute approximate surface area is 191 Å². The lowest BCUT2D eigenvalue weighted by atomic mass is 10.0. The fraction of sp³-hybridized carbons (Fsp3) is 0.280. The minimum atomic E-state index is -0.426. The van der Waals surface area contributed by atoms with Gasteiger partial charge in [0.05, 0.1) is 23.1 Å². The Morgan fingerprint density at radius 2 is 1.73 bits per heavy atom. The van der Waals surface area contributed by atoms with E-state index in [0.29, 0.717) is 41.9 Å². The number of hydrogen-bond donors (Lipinski definition) is 1. The van der Waals surface area contributed by atoms with E-state index in [1.165, 1.54) is 0 Å². The van der Waals surface area contributed by atoms with Crippen molar-refractivity contribution in [1.82, 2.24) is 14.7 Å². The van der Waals surface area contributed by atoms with E-state index in [0.717, 1.165) is 18.4 Å². The van der Waals surface area contributed by atoms with Crippen LogP contribution in [-0.2, 0) is 11.8 Å². The van der Waals surface area contributed by atoms with E-state index in [4.69, 9.17) is 0 Å². The number of aromatic nitrogens is 2. The van der Waals surface area contributed by atoms with Crippen LogP contribution < -0.4 is 10.2 Å². The van der Waals surface area contributed by atoms with Crippen molar-refractivity contribution < 1.29 is 14.4 Å². The molecule has 3 aromatic rings. The number of carbonyl (C=O) groups is 3. The summed E-state index contributed by atoms with van der Waals surface area (Å²) in [5, 5.41) is 6.87. The van der Waals surface area contributed by atoms with Crippen LogP contribution in [0.4, 0.5) is 11.4 Å². The summed E-state index contributed by atoms with van der Waals surface area (Å²) in [5.41, 5.74) is 3.40. The molecule has 2 aromatic carbocycles. The van der Waals surface area contributed by atoms with E-state index < -0.39 is 6.17 Å². The molecule has 1 atom stereocenters. The standard InChI is InChI=1S/C25H25N5O3/c1-28-16-17(15-26-28)27-22(31)13-3-2-8-14-29-23-18-9-4-5-10-19(18)25(33)30(23)21-12-7-6-11-20(21)24(29)32/h4-7,9-12,15-16,23H,2-3,8,13-14H2,1H3,(H,27,31)/t23-/m0/s1. The zero-order valence-corrected chi connectivity index (χ0v) is 18.4. The molecule has 8 heteroatoms. The van der Waals surface area contributed by atoms with Crippen molar-refractivity contribution >= 4 is 29.1 Å². The number of benzene rings is 2. The van der Waals surface area contributed by atoms with Gasteiger partial charge in [-0.3, -0.25) is 24.0 Å². The van der Waals surface area contributed by atoms with Gasteiger partial charge in [0.2, 0.25) is 5.91 Å². The van der Waals surface area contributed by atoms with Gasteiger partial charge in [0.25, 0.3) is 11.8 Å². The highest BCUT2D eigenvalue weighted by molar-refractivity contribution is 6.16. The zero-order valence-electron chi connectivity index (χ0n) is 18.4. The molecule has 2 aliphatic rings. The number of carbonyl (C=O) groups excluding carboxylic acids is 3. The van der Waals surface area contributed by atoms with E-state index in [2.05, 4.69) is 10.4 Å². The number of para-hydroxylation sites is 1. The molecule has 0 unspecified atom stereocenters. The van der Waals surface area contributed by atoms with Crippen LogP contribution in [0.5, 0.6) is 0 Å². The molecule has 0 saturated heterocycles. The second-order valence-corrected chi connectivity index (χ2v) is 8.41. The van der Waals surface area contributed by atoms with Crippen molar-refractivity contribution in [3.63, 3.8) is 0 Å². The number of rotatable bonds is 7. The first kappa shape index (κ1) is 20.9. The first-order valence-corrected chi connectivity index (χ1v) is 11.2. The molecule has 3 amide bonds. The summed E-state index contributed by atoms with van der Waals surface area (Å²) in [6.45, 7) is 0.514. The monoisotopic (exact) mass is 443 g/mol. The largest absolute Gasteiger partial charge is 0.323 e. The molecule has 0 spiro atoms. The molecular weight excluding hydrogens is 418 g/mol. The van der Waals surface area contributed by atoms with Gasteiger partial charge < -0.3 is 10.2 Å². The lowest BCUT2D eigenvalue weighted by molar-refractivity contribution is -0.116. The molecule has 0 radical (unpaired) electrons. The Bertz CT molecular complexity index is 1230. The summed E-state index contributed by atoms with van der Waals surface area (Å²) in [6.07, 6.45) is 5.61. The number of unbranched alkanes of at least 4 members (excludes halogenated alkanes) is 2. The lowest BCUT2D eigenvalue weighted by Crippen LogP contribution is -2.48. The highest BCUT2D eigenvalue weighted by Crippen LogP contribution is 2.45. The average molecular weight is 444 g/mol. The van der Waals surface area contributed by atoms with Crippen LogP contribution in [-0.4, -0.2) is 38.9 Å². The maximum atomic E-state index is 13.4. The predicted molar refractivity (Wildman–Crippen MR) is 124 cm³/mol. The van der Waals surface area contributed by atoms with Gasteiger partial charge in [-0.25, -0.2) is 0 Å². The van der Waals surface area contributed by atoms with Gasteiger partial charge >= 0.3 is 0 Å². The third-order valence-corrected chi connectivity index (χ3v) is 6.17. The van der Waals surface area contributed by atoms with Crippen LogP contribution in [0.15, 0.2) is 60.9 Å². The Morgan fingerprint density at radius 3 is 2.52 bits per heavy atom. The van der Waals surface area contributed by atoms with Crippen molar-refractivity contribution in [2.24, 2.45) is 7.05 Å². The molecule has 2 aliphatic heterocycles. The molecule has 0 saturated carbocycles. The quantitative estimate of drug-likeness (QED) is 0.564. The summed E-state index contributed by atoms with van der Waals surface area (Å²) in [6, 6.07) is 14.8. The molecule has 8 nitrogen and oxygen atoms in total. The van der Waals surface area contributed by atoms with Crippen molar-refractivity contribution in [2.75, 3.05) is 16.8 Å². The van der Waals surface area contributed by atoms with Gasteiger partial charge in [-0.1, -0.05) is 36.8 Å². The Morgan fingerprint density at radius 1 is 0.970 bits per heavy atom. The highest BCUT2D eigenvalue weighted by atomic mass is 16.2. The first-order valence-electron chi connectivity index (χ1n) is 11.2. The number of amides is 3. The van der Waals surface area contributed by atoms with Gasteiger partial charge in [-0.15, -0.1) is 0 Å². The van der Waals surface area contributed by atoms with Gasteiger partial charge in [-0.2, -0.15) is 5.10 Å². The maximum absolute atomic E-state index is 13.4. The predicted octanol–water partition coefficient (Wildman–Crippen LogP) is 3.73. The molecule has 1 aromatic heterocycles. The van der Waals surface area contributed by atoms with Crippen LogP contribution in [0.3, 0.4) is 0 Å². The number of hydrogen-bond acceptors (Lipinski definition) is 4. The van der Waals surface area contributed by atoms with E-state index in [1.807, 2.05) is 42.5 Å². The number of nitrogens with one attached hydrogen (secondary N) is 1. The minimum Gasteiger partial charge on any atom is -0.323 e. The Kier molecular flexibility index (Phi) is 5.42. The summed E-state index contributed by atoms with van der Waals surface area (Å²) >= 11 is 0. The van der Waals surface area contributed by atoms with Gasteiger partial charge in [-0.05, 0) is 31.0 Å². The van der Waals surface area contributed by atoms with E-state index in [-0.39, 0.29) is 17.7 Å². The van der Waals surface area contributed by atoms with Gasteiger partial charge in [0.1, 0.15) is 6.17 Å². The van der Waals surface area contributed by atoms with Gasteiger partial charge in [0.15, 0.2) is 0 Å². The van der Waals surface area contributed by atoms with E-state index in [9.17, 15) is 14.4 Å². The highest BCUT2D eigenvalue weighted by Gasteiger charge is 2.47. The molecule has 0 aliphatic carbocycles. The van der Waals surface area contributed by atoms with Crippen molar-refractivity contribution in [2.45, 2.75) is 31.8 Å². The normalized spacial score (nSPS) is 16.5. The van der Waals surface area contributed by atoms with Crippen LogP contribution in [0.1, 0.15) is 58.1 Å². The van der Waals surface area contributed by atoms with Crippen LogP contribution in [0.25, 0.3) is 0 Å². The maximum Gasteiger partial charge on any atom is 0.260 e. The van der Waals surface area contributed by atoms with Crippen LogP contribution in [0.2, 0.25) is 0 Å². The van der Waals surface area contributed by atoms with Crippen molar-refractivity contribution in [3.05, 3.63) is 77.6 Å². The first-order chi connectivity index (χ1) is 16.0. The second-order valence-electron chi connectivity index (χ2n) is 8.41. The summed E-state index contributed by atoms with van der Waals surface area (Å²) in [7, 11) is 1.80. The van der Waals surface area contributed by atoms with Crippen molar-refractivity contribution in [3.8, 4) is 0 Å². The average Bonchev–Trinajstić information content (AvgIpc) is 3.36. The Balaban J connectivity index is 1.25. The molecule has 1 N–H and O–H groups in total. The van der Waals surface area contributed by atoms with E-state index in [1.54, 1.807) is 40.0 Å². The molecule has 33 heavy (non-hydrogen) atoms. The molecule has 0 bridgehead atoms. The third kappa shape index (κ3) is 3.77. The van der Waals surface area contributed by atoms with E-state index >= 15 is 0 Å². The number of nitrogens with zero attached hydrogens (tertiary/aromatic N) is 4. The van der Waals surface area contributed by atoms with Crippen LogP contribution >= 0.6 is 0 Å². The zero-order chi connectivity index (χ0) is 22.9. The minimum absolute atomic E-state index is 0.0486. The molecule has 3 heterocycles. The van der Waals surface area contributed by atoms with Crippen LogP contribution in [0, 0.1) is 0 Å². The lowest BCUT2D eigenvalue weighted by Gasteiger charge is -2.41. The Hall–Kier alpha value is -3.94. The molecule has 0 fully saturated rings. The SMILES string of the molecule is Cn1cc(NC(=O)CCCCCN2C(=O)c3ccccc3N3C(=O)c4ccccc4[C@@H]23)cn1. The fourth-order valence-electron chi connectivity index (χ4n) is 4.65. The molecular formula is C25H25N5O3. The summed E-state index contributed by atoms with van der Waals surface area (Å²) in [4.78, 5) is 42.2. The second kappa shape index (κ2) is 8.54. The smallest absolute Gasteiger partial charge is 0.260 e.